The zero-order valence-corrected chi connectivity index (χ0v) is 14.2. The van der Waals surface area contributed by atoms with Crippen LogP contribution in [0.15, 0.2) is 48.1 Å². The SMILES string of the molecule is C=CCCCCC1(CC/C(COc2ccccc2)=N\O)OCCO1. The second-order valence-electron chi connectivity index (χ2n) is 5.91. The largest absolute Gasteiger partial charge is 0.488 e. The number of ether oxygens (including phenoxy) is 3. The minimum Gasteiger partial charge on any atom is -0.488 e. The quantitative estimate of drug-likeness (QED) is 0.217. The molecule has 1 N–H and O–H groups in total. The van der Waals surface area contributed by atoms with Crippen LogP contribution in [0.1, 0.15) is 38.5 Å². The second kappa shape index (κ2) is 10.1. The van der Waals surface area contributed by atoms with Crippen LogP contribution in [0.3, 0.4) is 0 Å². The van der Waals surface area contributed by atoms with Crippen molar-refractivity contribution in [3.63, 3.8) is 0 Å². The Labute approximate surface area is 143 Å². The molecule has 0 aromatic heterocycles. The maximum Gasteiger partial charge on any atom is 0.168 e. The van der Waals surface area contributed by atoms with Gasteiger partial charge in [0.15, 0.2) is 5.79 Å². The lowest BCUT2D eigenvalue weighted by Crippen LogP contribution is -2.31. The molecule has 1 aromatic carbocycles. The van der Waals surface area contributed by atoms with Crippen LogP contribution >= 0.6 is 0 Å². The van der Waals surface area contributed by atoms with E-state index in [1.54, 1.807) is 0 Å². The van der Waals surface area contributed by atoms with Gasteiger partial charge in [-0.1, -0.05) is 29.4 Å². The molecule has 1 heterocycles. The molecular formula is C19H27NO4. The number of benzene rings is 1. The van der Waals surface area contributed by atoms with Crippen LogP contribution in [-0.4, -0.2) is 36.5 Å². The molecule has 1 saturated heterocycles. The van der Waals surface area contributed by atoms with E-state index in [1.807, 2.05) is 36.4 Å². The lowest BCUT2D eigenvalue weighted by Gasteiger charge is -2.27. The molecule has 5 nitrogen and oxygen atoms in total. The van der Waals surface area contributed by atoms with Crippen molar-refractivity contribution in [3.8, 4) is 5.75 Å². The highest BCUT2D eigenvalue weighted by Crippen LogP contribution is 2.31. The van der Waals surface area contributed by atoms with E-state index >= 15 is 0 Å². The van der Waals surface area contributed by atoms with E-state index in [4.69, 9.17) is 14.2 Å². The number of unbranched alkanes of at least 4 members (excludes halogenated alkanes) is 2. The molecule has 0 aliphatic carbocycles. The summed E-state index contributed by atoms with van der Waals surface area (Å²) in [5.74, 6) is 0.204. The van der Waals surface area contributed by atoms with Crippen LogP contribution in [0.25, 0.3) is 0 Å². The first kappa shape index (κ1) is 18.5. The monoisotopic (exact) mass is 333 g/mol. The van der Waals surface area contributed by atoms with E-state index < -0.39 is 5.79 Å². The van der Waals surface area contributed by atoms with Crippen molar-refractivity contribution in [2.24, 2.45) is 5.16 Å². The van der Waals surface area contributed by atoms with E-state index in [9.17, 15) is 5.21 Å². The first-order valence-electron chi connectivity index (χ1n) is 8.54. The van der Waals surface area contributed by atoms with Crippen LogP contribution in [-0.2, 0) is 9.47 Å². The van der Waals surface area contributed by atoms with Crippen LogP contribution in [0.4, 0.5) is 0 Å². The van der Waals surface area contributed by atoms with Gasteiger partial charge in [-0.05, 0) is 37.8 Å². The minimum atomic E-state index is -0.552. The van der Waals surface area contributed by atoms with Gasteiger partial charge in [0.1, 0.15) is 12.4 Å². The summed E-state index contributed by atoms with van der Waals surface area (Å²) >= 11 is 0. The smallest absolute Gasteiger partial charge is 0.168 e. The van der Waals surface area contributed by atoms with Gasteiger partial charge >= 0.3 is 0 Å². The summed E-state index contributed by atoms with van der Waals surface area (Å²) in [5.41, 5.74) is 0.586. The average Bonchev–Trinajstić information content (AvgIpc) is 3.09. The van der Waals surface area contributed by atoms with Crippen molar-refractivity contribution in [1.29, 1.82) is 0 Å². The van der Waals surface area contributed by atoms with E-state index in [-0.39, 0.29) is 6.61 Å². The molecule has 5 heteroatoms. The summed E-state index contributed by atoms with van der Waals surface area (Å²) in [4.78, 5) is 0. The molecule has 0 saturated carbocycles. The summed E-state index contributed by atoms with van der Waals surface area (Å²) in [6, 6.07) is 9.49. The molecule has 1 fully saturated rings. The van der Waals surface area contributed by atoms with Crippen LogP contribution in [0.5, 0.6) is 5.75 Å². The lowest BCUT2D eigenvalue weighted by molar-refractivity contribution is -0.166. The van der Waals surface area contributed by atoms with Gasteiger partial charge in [-0.15, -0.1) is 6.58 Å². The molecule has 132 valence electrons. The van der Waals surface area contributed by atoms with Crippen molar-refractivity contribution in [2.75, 3.05) is 19.8 Å². The standard InChI is InChI=1S/C19H27NO4/c1-2-3-4-8-12-19(23-14-15-24-19)13-11-17(20-21)16-22-18-9-6-5-7-10-18/h2,5-7,9-10,21H,1,3-4,8,11-16H2/b20-17+. The van der Waals surface area contributed by atoms with Crippen molar-refractivity contribution in [1.82, 2.24) is 0 Å². The fourth-order valence-corrected chi connectivity index (χ4v) is 2.76. The first-order valence-corrected chi connectivity index (χ1v) is 8.54. The molecule has 0 amide bonds. The molecule has 2 rings (SSSR count). The Bertz CT molecular complexity index is 509. The van der Waals surface area contributed by atoms with Crippen molar-refractivity contribution >= 4 is 5.71 Å². The van der Waals surface area contributed by atoms with E-state index in [2.05, 4.69) is 11.7 Å². The van der Waals surface area contributed by atoms with E-state index in [0.29, 0.717) is 31.8 Å². The second-order valence-corrected chi connectivity index (χ2v) is 5.91. The Hall–Kier alpha value is -1.85. The fourth-order valence-electron chi connectivity index (χ4n) is 2.76. The highest BCUT2D eigenvalue weighted by atomic mass is 16.7. The van der Waals surface area contributed by atoms with Gasteiger partial charge in [-0.3, -0.25) is 0 Å². The van der Waals surface area contributed by atoms with E-state index in [1.165, 1.54) is 0 Å². The Morgan fingerprint density at radius 2 is 1.96 bits per heavy atom. The maximum absolute atomic E-state index is 9.22. The molecule has 0 unspecified atom stereocenters. The van der Waals surface area contributed by atoms with Gasteiger partial charge in [0.2, 0.25) is 0 Å². The number of nitrogens with zero attached hydrogens (tertiary/aromatic N) is 1. The van der Waals surface area contributed by atoms with E-state index in [0.717, 1.165) is 31.4 Å². The molecule has 0 radical (unpaired) electrons. The number of allylic oxidation sites excluding steroid dienone is 1. The Balaban J connectivity index is 1.79. The predicted molar refractivity (Wildman–Crippen MR) is 93.7 cm³/mol. The zero-order chi connectivity index (χ0) is 17.1. The molecule has 24 heavy (non-hydrogen) atoms. The fraction of sp³-hybridized carbons (Fsp3) is 0.526. The molecule has 1 aliphatic rings. The molecule has 0 bridgehead atoms. The summed E-state index contributed by atoms with van der Waals surface area (Å²) < 4.78 is 17.3. The van der Waals surface area contributed by atoms with Crippen LogP contribution < -0.4 is 4.74 Å². The zero-order valence-electron chi connectivity index (χ0n) is 14.2. The number of para-hydroxylation sites is 1. The van der Waals surface area contributed by atoms with Crippen molar-refractivity contribution in [3.05, 3.63) is 43.0 Å². The highest BCUT2D eigenvalue weighted by molar-refractivity contribution is 5.85. The lowest BCUT2D eigenvalue weighted by atomic mass is 10.0. The molecular weight excluding hydrogens is 306 g/mol. The Morgan fingerprint density at radius 3 is 2.62 bits per heavy atom. The summed E-state index contributed by atoms with van der Waals surface area (Å²) in [5, 5.41) is 12.6. The van der Waals surface area contributed by atoms with Crippen LogP contribution in [0, 0.1) is 0 Å². The first-order chi connectivity index (χ1) is 11.8. The molecule has 0 atom stereocenters. The number of hydrogen-bond donors (Lipinski definition) is 1. The summed E-state index contributed by atoms with van der Waals surface area (Å²) in [6.45, 7) is 5.24. The van der Waals surface area contributed by atoms with Crippen molar-refractivity contribution in [2.45, 2.75) is 44.3 Å². The van der Waals surface area contributed by atoms with Crippen molar-refractivity contribution < 1.29 is 19.4 Å². The summed E-state index contributed by atoms with van der Waals surface area (Å²) in [7, 11) is 0. The number of hydrogen-bond acceptors (Lipinski definition) is 5. The van der Waals surface area contributed by atoms with Gasteiger partial charge in [0.05, 0.1) is 18.9 Å². The number of rotatable bonds is 11. The van der Waals surface area contributed by atoms with Gasteiger partial charge < -0.3 is 19.4 Å². The Morgan fingerprint density at radius 1 is 1.21 bits per heavy atom. The predicted octanol–water partition coefficient (Wildman–Crippen LogP) is 4.17. The third-order valence-corrected chi connectivity index (χ3v) is 4.11. The summed E-state index contributed by atoms with van der Waals surface area (Å²) in [6.07, 6.45) is 7.13. The van der Waals surface area contributed by atoms with Gasteiger partial charge in [0, 0.05) is 12.8 Å². The molecule has 1 aliphatic heterocycles. The molecule has 1 aromatic rings. The minimum absolute atomic E-state index is 0.257. The topological polar surface area (TPSA) is 60.3 Å². The third-order valence-electron chi connectivity index (χ3n) is 4.11. The molecule has 0 spiro atoms. The maximum atomic E-state index is 9.22. The number of oxime groups is 1. The third kappa shape index (κ3) is 5.98. The normalized spacial score (nSPS) is 16.9. The van der Waals surface area contributed by atoms with Crippen LogP contribution in [0.2, 0.25) is 0 Å². The average molecular weight is 333 g/mol. The van der Waals surface area contributed by atoms with Gasteiger partial charge in [-0.25, -0.2) is 0 Å². The Kier molecular flexibility index (Phi) is 7.79. The highest BCUT2D eigenvalue weighted by Gasteiger charge is 2.35. The van der Waals surface area contributed by atoms with Gasteiger partial charge in [-0.2, -0.15) is 0 Å². The van der Waals surface area contributed by atoms with Gasteiger partial charge in [0.25, 0.3) is 0 Å².